The van der Waals surface area contributed by atoms with Crippen LogP contribution in [-0.2, 0) is 0 Å². The maximum atomic E-state index is 2.39. The minimum atomic E-state index is 0.941. The third-order valence-electron chi connectivity index (χ3n) is 2.43. The molecule has 2 heteroatoms. The highest BCUT2D eigenvalue weighted by Crippen LogP contribution is 2.30. The molecule has 0 bridgehead atoms. The molecule has 0 spiro atoms. The first-order chi connectivity index (χ1) is 5.79. The van der Waals surface area contributed by atoms with Gasteiger partial charge in [-0.1, -0.05) is 48.3 Å². The lowest BCUT2D eigenvalue weighted by Crippen LogP contribution is -2.03. The molecule has 0 nitrogen and oxygen atoms in total. The van der Waals surface area contributed by atoms with Gasteiger partial charge in [-0.15, -0.1) is 0 Å². The molecule has 1 fully saturated rings. The normalized spacial score (nSPS) is 34.5. The molecule has 0 amide bonds. The molecule has 0 aromatic carbocycles. The van der Waals surface area contributed by atoms with Crippen LogP contribution in [0, 0.1) is 11.8 Å². The van der Waals surface area contributed by atoms with Crippen molar-refractivity contribution in [1.82, 2.24) is 0 Å². The molecule has 0 aromatic heterocycles. The van der Waals surface area contributed by atoms with Crippen molar-refractivity contribution in [2.75, 3.05) is 11.5 Å². The molecule has 72 valence electrons. The van der Waals surface area contributed by atoms with Crippen molar-refractivity contribution in [3.8, 4) is 0 Å². The van der Waals surface area contributed by atoms with Crippen molar-refractivity contribution in [3.05, 3.63) is 0 Å². The highest BCUT2D eigenvalue weighted by Gasteiger charge is 2.08. The molecule has 0 aromatic rings. The van der Waals surface area contributed by atoms with E-state index in [4.69, 9.17) is 0 Å². The minimum Gasteiger partial charge on any atom is -0.0939 e. The average molecular weight is 204 g/mol. The lowest BCUT2D eigenvalue weighted by molar-refractivity contribution is 0.490. The van der Waals surface area contributed by atoms with E-state index in [1.54, 1.807) is 0 Å². The first-order valence-corrected chi connectivity index (χ1v) is 7.52. The quantitative estimate of drug-likeness (QED) is 0.542. The van der Waals surface area contributed by atoms with Gasteiger partial charge >= 0.3 is 0 Å². The SMILES string of the molecule is CC1CCCCC(C)CSSC1. The van der Waals surface area contributed by atoms with Crippen molar-refractivity contribution >= 4 is 21.6 Å². The molecule has 0 radical (unpaired) electrons. The van der Waals surface area contributed by atoms with Crippen LogP contribution < -0.4 is 0 Å². The number of rotatable bonds is 0. The van der Waals surface area contributed by atoms with Crippen molar-refractivity contribution in [2.24, 2.45) is 11.8 Å². The van der Waals surface area contributed by atoms with Gasteiger partial charge in [0, 0.05) is 11.5 Å². The summed E-state index contributed by atoms with van der Waals surface area (Å²) < 4.78 is 0. The van der Waals surface area contributed by atoms with Gasteiger partial charge in [-0.05, 0) is 24.7 Å². The molecular weight excluding hydrogens is 184 g/mol. The third kappa shape index (κ3) is 4.66. The highest BCUT2D eigenvalue weighted by atomic mass is 33.1. The topological polar surface area (TPSA) is 0 Å². The standard InChI is InChI=1S/C10H20S2/c1-9-5-3-4-6-10(2)8-12-11-7-9/h9-10H,3-8H2,1-2H3. The van der Waals surface area contributed by atoms with Gasteiger partial charge in [0.2, 0.25) is 0 Å². The van der Waals surface area contributed by atoms with E-state index >= 15 is 0 Å². The molecule has 1 heterocycles. The van der Waals surface area contributed by atoms with Crippen LogP contribution in [0.5, 0.6) is 0 Å². The molecule has 0 saturated carbocycles. The molecule has 1 aliphatic rings. The van der Waals surface area contributed by atoms with Crippen LogP contribution in [0.3, 0.4) is 0 Å². The minimum absolute atomic E-state index is 0.941. The second-order valence-corrected chi connectivity index (χ2v) is 6.62. The maximum absolute atomic E-state index is 2.39. The average Bonchev–Trinajstić information content (AvgIpc) is 2.06. The van der Waals surface area contributed by atoms with Crippen LogP contribution in [-0.4, -0.2) is 11.5 Å². The number of hydrogen-bond donors (Lipinski definition) is 0. The smallest absolute Gasteiger partial charge is 0.00626 e. The summed E-state index contributed by atoms with van der Waals surface area (Å²) in [5, 5.41) is 0. The van der Waals surface area contributed by atoms with Gasteiger partial charge in [0.25, 0.3) is 0 Å². The summed E-state index contributed by atoms with van der Waals surface area (Å²) in [4.78, 5) is 0. The Hall–Kier alpha value is 0.700. The van der Waals surface area contributed by atoms with E-state index in [-0.39, 0.29) is 0 Å². The summed E-state index contributed by atoms with van der Waals surface area (Å²) in [7, 11) is 4.16. The van der Waals surface area contributed by atoms with Gasteiger partial charge in [-0.25, -0.2) is 0 Å². The Morgan fingerprint density at radius 2 is 1.25 bits per heavy atom. The number of hydrogen-bond acceptors (Lipinski definition) is 2. The van der Waals surface area contributed by atoms with E-state index in [9.17, 15) is 0 Å². The van der Waals surface area contributed by atoms with E-state index in [1.807, 2.05) is 0 Å². The summed E-state index contributed by atoms with van der Waals surface area (Å²) in [6.45, 7) is 4.77. The Labute approximate surface area is 84.7 Å². The zero-order valence-electron chi connectivity index (χ0n) is 8.21. The van der Waals surface area contributed by atoms with Gasteiger partial charge in [-0.3, -0.25) is 0 Å². The maximum Gasteiger partial charge on any atom is 0.00626 e. The van der Waals surface area contributed by atoms with Gasteiger partial charge in [-0.2, -0.15) is 0 Å². The molecular formula is C10H20S2. The Bertz CT molecular complexity index is 88.4. The lowest BCUT2D eigenvalue weighted by Gasteiger charge is -2.16. The van der Waals surface area contributed by atoms with Crippen LogP contribution in [0.2, 0.25) is 0 Å². The summed E-state index contributed by atoms with van der Waals surface area (Å²) in [6, 6.07) is 0. The Morgan fingerprint density at radius 3 is 1.67 bits per heavy atom. The van der Waals surface area contributed by atoms with E-state index in [1.165, 1.54) is 37.2 Å². The molecule has 2 unspecified atom stereocenters. The first kappa shape index (κ1) is 10.8. The Kier molecular flexibility index (Phi) is 5.57. The van der Waals surface area contributed by atoms with Crippen molar-refractivity contribution in [1.29, 1.82) is 0 Å². The molecule has 1 saturated heterocycles. The van der Waals surface area contributed by atoms with E-state index in [2.05, 4.69) is 35.4 Å². The fraction of sp³-hybridized carbons (Fsp3) is 1.00. The summed E-state index contributed by atoms with van der Waals surface area (Å²) in [5.74, 6) is 4.60. The monoisotopic (exact) mass is 204 g/mol. The van der Waals surface area contributed by atoms with Crippen molar-refractivity contribution < 1.29 is 0 Å². The van der Waals surface area contributed by atoms with Gasteiger partial charge in [0.1, 0.15) is 0 Å². The van der Waals surface area contributed by atoms with Crippen LogP contribution >= 0.6 is 21.6 Å². The molecule has 0 aliphatic carbocycles. The van der Waals surface area contributed by atoms with Crippen molar-refractivity contribution in [3.63, 3.8) is 0 Å². The summed E-state index contributed by atoms with van der Waals surface area (Å²) in [6.07, 6.45) is 5.80. The molecule has 12 heavy (non-hydrogen) atoms. The van der Waals surface area contributed by atoms with Crippen LogP contribution in [0.15, 0.2) is 0 Å². The fourth-order valence-electron chi connectivity index (χ4n) is 1.48. The third-order valence-corrected chi connectivity index (χ3v) is 5.33. The fourth-order valence-corrected chi connectivity index (χ4v) is 4.44. The molecule has 1 aliphatic heterocycles. The van der Waals surface area contributed by atoms with Crippen molar-refractivity contribution in [2.45, 2.75) is 39.5 Å². The lowest BCUT2D eigenvalue weighted by atomic mass is 10.0. The molecule has 2 atom stereocenters. The van der Waals surface area contributed by atoms with Crippen LogP contribution in [0.25, 0.3) is 0 Å². The first-order valence-electron chi connectivity index (χ1n) is 5.03. The van der Waals surface area contributed by atoms with E-state index < -0.39 is 0 Å². The van der Waals surface area contributed by atoms with Gasteiger partial charge < -0.3 is 0 Å². The van der Waals surface area contributed by atoms with E-state index in [0.717, 1.165) is 11.8 Å². The zero-order valence-corrected chi connectivity index (χ0v) is 9.85. The largest absolute Gasteiger partial charge is 0.0939 e. The Balaban J connectivity index is 2.20. The zero-order chi connectivity index (χ0) is 8.81. The second kappa shape index (κ2) is 6.20. The summed E-state index contributed by atoms with van der Waals surface area (Å²) in [5.41, 5.74) is 0. The predicted octanol–water partition coefficient (Wildman–Crippen LogP) is 4.21. The summed E-state index contributed by atoms with van der Waals surface area (Å²) >= 11 is 0. The van der Waals surface area contributed by atoms with Crippen LogP contribution in [0.4, 0.5) is 0 Å². The van der Waals surface area contributed by atoms with E-state index in [0.29, 0.717) is 0 Å². The van der Waals surface area contributed by atoms with Gasteiger partial charge in [0.15, 0.2) is 0 Å². The van der Waals surface area contributed by atoms with Gasteiger partial charge in [0.05, 0.1) is 0 Å². The predicted molar refractivity (Wildman–Crippen MR) is 61.7 cm³/mol. The van der Waals surface area contributed by atoms with Crippen LogP contribution in [0.1, 0.15) is 39.5 Å². The highest BCUT2D eigenvalue weighted by molar-refractivity contribution is 8.76. The second-order valence-electron chi connectivity index (χ2n) is 4.06. The molecule has 1 rings (SSSR count). The molecule has 0 N–H and O–H groups in total. The Morgan fingerprint density at radius 1 is 0.833 bits per heavy atom.